The fourth-order valence-electron chi connectivity index (χ4n) is 3.51. The van der Waals surface area contributed by atoms with Crippen LogP contribution in [0.2, 0.25) is 0 Å². The first-order chi connectivity index (χ1) is 16.4. The third-order valence-corrected chi connectivity index (χ3v) is 5.62. The van der Waals surface area contributed by atoms with E-state index in [-0.39, 0.29) is 35.8 Å². The van der Waals surface area contributed by atoms with Crippen LogP contribution >= 0.6 is 11.8 Å². The van der Waals surface area contributed by atoms with E-state index >= 15 is 0 Å². The Morgan fingerprint density at radius 2 is 1.85 bits per heavy atom. The molecule has 1 aliphatic rings. The number of nitrogens with zero attached hydrogens (tertiary/aromatic N) is 2. The molecular formula is C24H27N3O6S. The normalized spacial score (nSPS) is 15.3. The van der Waals surface area contributed by atoms with Gasteiger partial charge in [-0.3, -0.25) is 10.1 Å². The molecule has 0 fully saturated rings. The molecule has 0 spiro atoms. The number of allylic oxidation sites excluding steroid dienone is 1. The number of rotatable bonds is 9. The lowest BCUT2D eigenvalue weighted by Gasteiger charge is -2.25. The summed E-state index contributed by atoms with van der Waals surface area (Å²) in [6.07, 6.45) is 1.83. The fourth-order valence-corrected chi connectivity index (χ4v) is 3.97. The maximum atomic E-state index is 12.8. The van der Waals surface area contributed by atoms with E-state index in [1.165, 1.54) is 23.9 Å². The highest BCUT2D eigenvalue weighted by Gasteiger charge is 2.35. The molecule has 0 amide bonds. The van der Waals surface area contributed by atoms with Crippen LogP contribution in [0, 0.1) is 10.1 Å². The molecule has 0 unspecified atom stereocenters. The zero-order valence-corrected chi connectivity index (χ0v) is 20.3. The topological polar surface area (TPSA) is 112 Å². The number of thioether (sulfide) groups is 1. The van der Waals surface area contributed by atoms with Crippen LogP contribution in [0.4, 0.5) is 5.69 Å². The molecule has 0 radical (unpaired) electrons. The van der Waals surface area contributed by atoms with Crippen LogP contribution < -0.4 is 14.8 Å². The van der Waals surface area contributed by atoms with Gasteiger partial charge in [0.2, 0.25) is 0 Å². The molecule has 10 heteroatoms. The summed E-state index contributed by atoms with van der Waals surface area (Å²) in [5.41, 5.74) is 1.64. The number of nitrogens with one attached hydrogen (secondary N) is 1. The lowest BCUT2D eigenvalue weighted by Crippen LogP contribution is -2.30. The largest absolute Gasteiger partial charge is 0.490 e. The Balaban J connectivity index is 2.11. The highest BCUT2D eigenvalue weighted by atomic mass is 32.2. The van der Waals surface area contributed by atoms with Crippen LogP contribution in [0.3, 0.4) is 0 Å². The number of hydrogen-bond acceptors (Lipinski definition) is 9. The van der Waals surface area contributed by atoms with Crippen LogP contribution in [0.15, 0.2) is 58.7 Å². The molecule has 0 aliphatic carbocycles. The van der Waals surface area contributed by atoms with Crippen LogP contribution in [-0.4, -0.2) is 35.5 Å². The van der Waals surface area contributed by atoms with Crippen molar-refractivity contribution in [3.63, 3.8) is 0 Å². The van der Waals surface area contributed by atoms with E-state index in [0.29, 0.717) is 23.2 Å². The summed E-state index contributed by atoms with van der Waals surface area (Å²) in [5.74, 6) is -0.0139. The van der Waals surface area contributed by atoms with Gasteiger partial charge in [0.25, 0.3) is 5.69 Å². The Kier molecular flexibility index (Phi) is 8.53. The molecule has 0 aromatic heterocycles. The van der Waals surface area contributed by atoms with Gasteiger partial charge in [0, 0.05) is 5.70 Å². The van der Waals surface area contributed by atoms with Crippen LogP contribution in [-0.2, 0) is 16.1 Å². The average molecular weight is 486 g/mol. The van der Waals surface area contributed by atoms with E-state index in [9.17, 15) is 14.9 Å². The van der Waals surface area contributed by atoms with Gasteiger partial charge >= 0.3 is 5.97 Å². The Bertz CT molecular complexity index is 1120. The first kappa shape index (κ1) is 25.1. The molecule has 9 nitrogen and oxygen atoms in total. The van der Waals surface area contributed by atoms with Crippen molar-refractivity contribution in [1.29, 1.82) is 0 Å². The van der Waals surface area contributed by atoms with Gasteiger partial charge in [-0.2, -0.15) is 0 Å². The lowest BCUT2D eigenvalue weighted by atomic mass is 9.94. The maximum absolute atomic E-state index is 12.8. The van der Waals surface area contributed by atoms with E-state index < -0.39 is 16.9 Å². The maximum Gasteiger partial charge on any atom is 0.338 e. The predicted molar refractivity (Wildman–Crippen MR) is 131 cm³/mol. The number of carbonyl (C=O) groups is 1. The molecule has 1 heterocycles. The zero-order chi connectivity index (χ0) is 24.7. The summed E-state index contributed by atoms with van der Waals surface area (Å²) in [4.78, 5) is 29.0. The van der Waals surface area contributed by atoms with Gasteiger partial charge in [-0.25, -0.2) is 9.79 Å². The molecule has 2 aromatic carbocycles. The Morgan fingerprint density at radius 1 is 1.15 bits per heavy atom. The third-order valence-electron chi connectivity index (χ3n) is 5.03. The van der Waals surface area contributed by atoms with Crippen molar-refractivity contribution in [3.05, 3.63) is 75.0 Å². The number of benzene rings is 2. The Hall–Kier alpha value is -3.53. The first-order valence-corrected chi connectivity index (χ1v) is 12.0. The van der Waals surface area contributed by atoms with Gasteiger partial charge in [0.15, 0.2) is 16.7 Å². The van der Waals surface area contributed by atoms with Crippen LogP contribution in [0.5, 0.6) is 11.5 Å². The minimum atomic E-state index is -0.939. The van der Waals surface area contributed by atoms with Gasteiger partial charge in [-0.15, -0.1) is 0 Å². The third kappa shape index (κ3) is 5.69. The van der Waals surface area contributed by atoms with E-state index in [2.05, 4.69) is 10.3 Å². The van der Waals surface area contributed by atoms with Gasteiger partial charge in [0.05, 0.1) is 35.3 Å². The number of aliphatic imine (C=N–C) groups is 1. The summed E-state index contributed by atoms with van der Waals surface area (Å²) in [5, 5.41) is 15.7. The highest BCUT2D eigenvalue weighted by molar-refractivity contribution is 8.13. The SMILES string of the molecule is CCOC(=O)C1=C(C)NC(SC)=N[C@@H]1c1cc(OCC)c(OCc2ccccc2)cc1[N+](=O)[O-]. The summed E-state index contributed by atoms with van der Waals surface area (Å²) >= 11 is 1.34. The molecule has 0 saturated carbocycles. The number of nitro groups is 1. The smallest absolute Gasteiger partial charge is 0.338 e. The van der Waals surface area contributed by atoms with E-state index in [4.69, 9.17) is 14.2 Å². The Morgan fingerprint density at radius 3 is 2.47 bits per heavy atom. The van der Waals surface area contributed by atoms with Crippen molar-refractivity contribution in [2.45, 2.75) is 33.4 Å². The van der Waals surface area contributed by atoms with Crippen LogP contribution in [0.1, 0.15) is 37.9 Å². The average Bonchev–Trinajstić information content (AvgIpc) is 2.83. The minimum absolute atomic E-state index is 0.167. The molecule has 34 heavy (non-hydrogen) atoms. The number of amidine groups is 1. The molecule has 180 valence electrons. The predicted octanol–water partition coefficient (Wildman–Crippen LogP) is 4.77. The second-order valence-electron chi connectivity index (χ2n) is 7.25. The van der Waals surface area contributed by atoms with E-state index in [0.717, 1.165) is 5.56 Å². The van der Waals surface area contributed by atoms with Crippen molar-refractivity contribution in [2.24, 2.45) is 4.99 Å². The quantitative estimate of drug-likeness (QED) is 0.307. The minimum Gasteiger partial charge on any atom is -0.490 e. The molecule has 1 atom stereocenters. The fraction of sp³-hybridized carbons (Fsp3) is 0.333. The van der Waals surface area contributed by atoms with Crippen molar-refractivity contribution in [3.8, 4) is 11.5 Å². The molecular weight excluding hydrogens is 458 g/mol. The monoisotopic (exact) mass is 485 g/mol. The Labute approximate surface area is 202 Å². The molecule has 3 rings (SSSR count). The number of nitro benzene ring substituents is 1. The summed E-state index contributed by atoms with van der Waals surface area (Å²) in [6, 6.07) is 11.4. The zero-order valence-electron chi connectivity index (χ0n) is 19.5. The standard InChI is InChI=1S/C24H27N3O6S/c1-5-31-19-12-17(22-21(23(28)32-6-2)15(3)25-24(26-22)34-4)18(27(29)30)13-20(19)33-14-16-10-8-7-9-11-16/h7-13,22H,5-6,14H2,1-4H3,(H,25,26)/t22-/m1/s1. The first-order valence-electron chi connectivity index (χ1n) is 10.8. The lowest BCUT2D eigenvalue weighted by molar-refractivity contribution is -0.385. The van der Waals surface area contributed by atoms with Crippen LogP contribution in [0.25, 0.3) is 0 Å². The van der Waals surface area contributed by atoms with Gasteiger partial charge in [0.1, 0.15) is 12.6 Å². The second-order valence-corrected chi connectivity index (χ2v) is 8.04. The van der Waals surface area contributed by atoms with Crippen molar-refractivity contribution in [1.82, 2.24) is 5.32 Å². The van der Waals surface area contributed by atoms with Crippen molar-refractivity contribution < 1.29 is 23.9 Å². The number of hydrogen-bond donors (Lipinski definition) is 1. The summed E-state index contributed by atoms with van der Waals surface area (Å²) in [7, 11) is 0. The number of carbonyl (C=O) groups excluding carboxylic acids is 1. The molecule has 1 N–H and O–H groups in total. The number of ether oxygens (including phenoxy) is 3. The van der Waals surface area contributed by atoms with Crippen molar-refractivity contribution >= 4 is 28.6 Å². The van der Waals surface area contributed by atoms with Gasteiger partial charge < -0.3 is 19.5 Å². The highest BCUT2D eigenvalue weighted by Crippen LogP contribution is 2.43. The number of esters is 1. The van der Waals surface area contributed by atoms with Crippen molar-refractivity contribution in [2.75, 3.05) is 19.5 Å². The molecule has 0 bridgehead atoms. The molecule has 0 saturated heterocycles. The summed E-state index contributed by atoms with van der Waals surface area (Å²) in [6.45, 7) is 5.93. The van der Waals surface area contributed by atoms with Gasteiger partial charge in [-0.05, 0) is 38.7 Å². The summed E-state index contributed by atoms with van der Waals surface area (Å²) < 4.78 is 16.9. The van der Waals surface area contributed by atoms with Gasteiger partial charge in [-0.1, -0.05) is 42.1 Å². The second kappa shape index (κ2) is 11.6. The van der Waals surface area contributed by atoms with E-state index in [1.807, 2.05) is 43.5 Å². The molecule has 2 aromatic rings. The van der Waals surface area contributed by atoms with E-state index in [1.54, 1.807) is 13.8 Å². The molecule has 1 aliphatic heterocycles.